The maximum atomic E-state index is 14.1. The second-order valence-corrected chi connectivity index (χ2v) is 6.90. The first-order valence-corrected chi connectivity index (χ1v) is 9.25. The fourth-order valence-electron chi connectivity index (χ4n) is 3.12. The number of aliphatic hydroxyl groups excluding tert-OH is 1. The number of aliphatic imine (C=N–C) groups is 1. The minimum atomic E-state index is -0.782. The number of hydrogen-bond donors (Lipinski definition) is 3. The summed E-state index contributed by atoms with van der Waals surface area (Å²) in [7, 11) is 0. The van der Waals surface area contributed by atoms with Gasteiger partial charge in [0.1, 0.15) is 11.6 Å². The molecule has 28 heavy (non-hydrogen) atoms. The van der Waals surface area contributed by atoms with Crippen LogP contribution in [0.25, 0.3) is 0 Å². The molecule has 1 saturated carbocycles. The molecule has 152 valence electrons. The number of halogens is 3. The maximum Gasteiger partial charge on any atom is 0.191 e. The minimum Gasteiger partial charge on any atom is -0.387 e. The molecule has 0 amide bonds. The van der Waals surface area contributed by atoms with Gasteiger partial charge in [0.2, 0.25) is 0 Å². The van der Waals surface area contributed by atoms with Gasteiger partial charge in [-0.25, -0.2) is 8.78 Å². The average Bonchev–Trinajstić information content (AvgIpc) is 3.45. The van der Waals surface area contributed by atoms with Gasteiger partial charge in [-0.05, 0) is 49.1 Å². The van der Waals surface area contributed by atoms with Gasteiger partial charge in [0.05, 0.1) is 12.6 Å². The minimum absolute atomic E-state index is 0. The summed E-state index contributed by atoms with van der Waals surface area (Å²) < 4.78 is 27.1. The maximum absolute atomic E-state index is 14.1. The van der Waals surface area contributed by atoms with E-state index in [1.807, 2.05) is 19.1 Å². The molecular formula is C21H26F2IN3O. The Labute approximate surface area is 181 Å². The Morgan fingerprint density at radius 3 is 2.39 bits per heavy atom. The summed E-state index contributed by atoms with van der Waals surface area (Å²) in [5, 5.41) is 16.5. The number of rotatable bonds is 7. The van der Waals surface area contributed by atoms with Crippen molar-refractivity contribution in [3.8, 4) is 0 Å². The molecule has 3 N–H and O–H groups in total. The lowest BCUT2D eigenvalue weighted by atomic mass is 9.95. The van der Waals surface area contributed by atoms with Gasteiger partial charge in [0.15, 0.2) is 5.96 Å². The van der Waals surface area contributed by atoms with Crippen molar-refractivity contribution in [3.05, 3.63) is 71.3 Å². The van der Waals surface area contributed by atoms with Crippen LogP contribution in [0.2, 0.25) is 0 Å². The van der Waals surface area contributed by atoms with E-state index in [2.05, 4.69) is 15.6 Å². The van der Waals surface area contributed by atoms with Crippen molar-refractivity contribution in [1.29, 1.82) is 0 Å². The number of benzene rings is 2. The van der Waals surface area contributed by atoms with Crippen molar-refractivity contribution in [1.82, 2.24) is 10.6 Å². The fourth-order valence-corrected chi connectivity index (χ4v) is 3.12. The summed E-state index contributed by atoms with van der Waals surface area (Å²) in [5.41, 5.74) is 1.12. The lowest BCUT2D eigenvalue weighted by Crippen LogP contribution is -2.40. The normalized spacial score (nSPS) is 16.1. The number of aliphatic hydroxyl groups is 1. The predicted molar refractivity (Wildman–Crippen MR) is 118 cm³/mol. The standard InChI is InChI=1S/C21H25F2N3O.HI/c1-2-24-20(25-13-19(27)15-7-9-16(22)10-8-15)26-14-21(11-12-21)17-5-3-4-6-18(17)23;/h3-10,19,27H,2,11-14H2,1H3,(H2,24,25,26);1H. The largest absolute Gasteiger partial charge is 0.387 e. The van der Waals surface area contributed by atoms with Crippen LogP contribution in [-0.4, -0.2) is 30.7 Å². The molecule has 7 heteroatoms. The molecule has 1 fully saturated rings. The monoisotopic (exact) mass is 501 g/mol. The first-order valence-electron chi connectivity index (χ1n) is 9.25. The zero-order valence-electron chi connectivity index (χ0n) is 15.8. The quantitative estimate of drug-likeness (QED) is 0.307. The Morgan fingerprint density at radius 1 is 1.11 bits per heavy atom. The molecule has 2 aromatic rings. The van der Waals surface area contributed by atoms with Crippen LogP contribution in [0.1, 0.15) is 37.0 Å². The topological polar surface area (TPSA) is 56.7 Å². The van der Waals surface area contributed by atoms with Crippen LogP contribution in [0.4, 0.5) is 8.78 Å². The molecule has 3 rings (SSSR count). The molecule has 1 unspecified atom stereocenters. The van der Waals surface area contributed by atoms with E-state index >= 15 is 0 Å². The molecule has 0 aliphatic heterocycles. The molecule has 0 heterocycles. The summed E-state index contributed by atoms with van der Waals surface area (Å²) in [4.78, 5) is 4.60. The summed E-state index contributed by atoms with van der Waals surface area (Å²) in [6.45, 7) is 3.35. The van der Waals surface area contributed by atoms with E-state index in [-0.39, 0.29) is 47.6 Å². The Morgan fingerprint density at radius 2 is 1.79 bits per heavy atom. The first kappa shape index (κ1) is 22.5. The summed E-state index contributed by atoms with van der Waals surface area (Å²) in [5.74, 6) is 0.0489. The van der Waals surface area contributed by atoms with E-state index in [4.69, 9.17) is 0 Å². The number of nitrogens with zero attached hydrogens (tertiary/aromatic N) is 1. The average molecular weight is 501 g/mol. The van der Waals surface area contributed by atoms with E-state index in [0.29, 0.717) is 24.6 Å². The van der Waals surface area contributed by atoms with Crippen molar-refractivity contribution in [3.63, 3.8) is 0 Å². The molecule has 1 atom stereocenters. The van der Waals surface area contributed by atoms with Crippen LogP contribution in [0.15, 0.2) is 53.5 Å². The van der Waals surface area contributed by atoms with Gasteiger partial charge in [-0.1, -0.05) is 30.3 Å². The third kappa shape index (κ3) is 5.64. The molecule has 1 aliphatic carbocycles. The van der Waals surface area contributed by atoms with E-state index in [9.17, 15) is 13.9 Å². The second-order valence-electron chi connectivity index (χ2n) is 6.90. The molecule has 0 bridgehead atoms. The van der Waals surface area contributed by atoms with Crippen LogP contribution in [0.5, 0.6) is 0 Å². The third-order valence-electron chi connectivity index (χ3n) is 4.90. The number of guanidine groups is 1. The Kier molecular flexibility index (Phi) is 8.18. The van der Waals surface area contributed by atoms with Crippen LogP contribution in [0, 0.1) is 11.6 Å². The van der Waals surface area contributed by atoms with Gasteiger partial charge in [0.25, 0.3) is 0 Å². The number of nitrogens with one attached hydrogen (secondary N) is 2. The van der Waals surface area contributed by atoms with Crippen molar-refractivity contribution in [2.24, 2.45) is 4.99 Å². The van der Waals surface area contributed by atoms with Crippen LogP contribution in [-0.2, 0) is 5.41 Å². The van der Waals surface area contributed by atoms with Gasteiger partial charge in [-0.2, -0.15) is 0 Å². The molecule has 2 aromatic carbocycles. The van der Waals surface area contributed by atoms with Crippen molar-refractivity contribution >= 4 is 29.9 Å². The fraction of sp³-hybridized carbons (Fsp3) is 0.381. The lowest BCUT2D eigenvalue weighted by molar-refractivity contribution is 0.180. The summed E-state index contributed by atoms with van der Waals surface area (Å²) in [6, 6.07) is 12.6. The zero-order chi connectivity index (χ0) is 19.3. The van der Waals surface area contributed by atoms with Crippen molar-refractivity contribution in [2.75, 3.05) is 19.6 Å². The predicted octanol–water partition coefficient (Wildman–Crippen LogP) is 3.90. The Bertz CT molecular complexity index is 794. The van der Waals surface area contributed by atoms with Crippen LogP contribution < -0.4 is 10.6 Å². The van der Waals surface area contributed by atoms with Crippen LogP contribution >= 0.6 is 24.0 Å². The van der Waals surface area contributed by atoms with E-state index in [0.717, 1.165) is 18.4 Å². The second kappa shape index (κ2) is 10.2. The van der Waals surface area contributed by atoms with Crippen molar-refractivity contribution < 1.29 is 13.9 Å². The van der Waals surface area contributed by atoms with Gasteiger partial charge >= 0.3 is 0 Å². The highest BCUT2D eigenvalue weighted by Crippen LogP contribution is 2.49. The number of hydrogen-bond acceptors (Lipinski definition) is 2. The molecule has 4 nitrogen and oxygen atoms in total. The SMILES string of the molecule is CCNC(=NCC1(c2ccccc2F)CC1)NCC(O)c1ccc(F)cc1.I. The molecule has 0 radical (unpaired) electrons. The van der Waals surface area contributed by atoms with E-state index in [1.165, 1.54) is 18.2 Å². The molecule has 0 spiro atoms. The van der Waals surface area contributed by atoms with E-state index in [1.54, 1.807) is 18.2 Å². The molecule has 0 saturated heterocycles. The lowest BCUT2D eigenvalue weighted by Gasteiger charge is -2.18. The highest BCUT2D eigenvalue weighted by molar-refractivity contribution is 14.0. The smallest absolute Gasteiger partial charge is 0.191 e. The Balaban J connectivity index is 0.00000280. The zero-order valence-corrected chi connectivity index (χ0v) is 18.1. The van der Waals surface area contributed by atoms with Crippen molar-refractivity contribution in [2.45, 2.75) is 31.3 Å². The summed E-state index contributed by atoms with van der Waals surface area (Å²) >= 11 is 0. The Hall–Kier alpha value is -1.74. The summed E-state index contributed by atoms with van der Waals surface area (Å²) in [6.07, 6.45) is 1.04. The molecule has 0 aromatic heterocycles. The van der Waals surface area contributed by atoms with Crippen LogP contribution in [0.3, 0.4) is 0 Å². The highest BCUT2D eigenvalue weighted by Gasteiger charge is 2.45. The molecular weight excluding hydrogens is 475 g/mol. The molecule has 1 aliphatic rings. The van der Waals surface area contributed by atoms with E-state index < -0.39 is 6.10 Å². The third-order valence-corrected chi connectivity index (χ3v) is 4.90. The van der Waals surface area contributed by atoms with Gasteiger partial charge in [-0.3, -0.25) is 4.99 Å². The van der Waals surface area contributed by atoms with Gasteiger partial charge < -0.3 is 15.7 Å². The highest BCUT2D eigenvalue weighted by atomic mass is 127. The first-order chi connectivity index (χ1) is 13.0. The van der Waals surface area contributed by atoms with Gasteiger partial charge in [0, 0.05) is 18.5 Å². The van der Waals surface area contributed by atoms with Gasteiger partial charge in [-0.15, -0.1) is 24.0 Å².